The third-order valence-electron chi connectivity index (χ3n) is 2.45. The molecule has 0 spiro atoms. The van der Waals surface area contributed by atoms with Crippen molar-refractivity contribution in [2.24, 2.45) is 18.2 Å². The van der Waals surface area contributed by atoms with Crippen LogP contribution in [0.4, 0.5) is 5.69 Å². The van der Waals surface area contributed by atoms with Gasteiger partial charge in [0.15, 0.2) is 0 Å². The molecule has 1 aromatic rings. The number of carbonyl (C=O) groups is 1. The van der Waals surface area contributed by atoms with E-state index in [9.17, 15) is 4.79 Å². The normalized spacial score (nSPS) is 11.2. The maximum Gasteiger partial charge on any atom is 0.236 e. The first kappa shape index (κ1) is 12.6. The topological polar surface area (TPSA) is 72.9 Å². The predicted octanol–water partition coefficient (Wildman–Crippen LogP) is 0.979. The molecular formula is C10H16N4OS. The SMILES string of the molecule is Cc1nn(C)cc1NC(=O)C(C)(C)C(N)=S. The van der Waals surface area contributed by atoms with Crippen LogP contribution in [0.5, 0.6) is 0 Å². The summed E-state index contributed by atoms with van der Waals surface area (Å²) in [5, 5.41) is 6.89. The Hall–Kier alpha value is -1.43. The van der Waals surface area contributed by atoms with Gasteiger partial charge >= 0.3 is 0 Å². The lowest BCUT2D eigenvalue weighted by atomic mass is 9.92. The van der Waals surface area contributed by atoms with Crippen molar-refractivity contribution >= 4 is 28.8 Å². The second kappa shape index (κ2) is 4.21. The predicted molar refractivity (Wildman–Crippen MR) is 67.1 cm³/mol. The number of nitrogens with two attached hydrogens (primary N) is 1. The van der Waals surface area contributed by atoms with E-state index < -0.39 is 5.41 Å². The van der Waals surface area contributed by atoms with Gasteiger partial charge in [0, 0.05) is 13.2 Å². The molecular weight excluding hydrogens is 224 g/mol. The first-order chi connectivity index (χ1) is 7.25. The molecule has 0 saturated carbocycles. The maximum absolute atomic E-state index is 11.9. The molecule has 0 fully saturated rings. The highest BCUT2D eigenvalue weighted by atomic mass is 32.1. The summed E-state index contributed by atoms with van der Waals surface area (Å²) in [6.45, 7) is 5.20. The number of nitrogens with one attached hydrogen (secondary N) is 1. The maximum atomic E-state index is 11.9. The van der Waals surface area contributed by atoms with E-state index in [1.54, 1.807) is 31.8 Å². The summed E-state index contributed by atoms with van der Waals surface area (Å²) >= 11 is 4.86. The lowest BCUT2D eigenvalue weighted by molar-refractivity contribution is -0.121. The van der Waals surface area contributed by atoms with Gasteiger partial charge in [-0.2, -0.15) is 5.10 Å². The lowest BCUT2D eigenvalue weighted by Crippen LogP contribution is -2.41. The van der Waals surface area contributed by atoms with Crippen molar-refractivity contribution in [3.05, 3.63) is 11.9 Å². The molecule has 0 radical (unpaired) electrons. The van der Waals surface area contributed by atoms with Crippen molar-refractivity contribution in [3.8, 4) is 0 Å². The molecule has 0 saturated heterocycles. The zero-order chi connectivity index (χ0) is 12.5. The first-order valence-corrected chi connectivity index (χ1v) is 5.27. The second-order valence-electron chi connectivity index (χ2n) is 4.25. The van der Waals surface area contributed by atoms with E-state index in [-0.39, 0.29) is 10.9 Å². The van der Waals surface area contributed by atoms with Gasteiger partial charge in [-0.1, -0.05) is 12.2 Å². The fourth-order valence-corrected chi connectivity index (χ4v) is 1.21. The van der Waals surface area contributed by atoms with E-state index in [1.165, 1.54) is 0 Å². The van der Waals surface area contributed by atoms with Crippen molar-refractivity contribution < 1.29 is 4.79 Å². The Bertz CT molecular complexity index is 436. The van der Waals surface area contributed by atoms with Crippen molar-refractivity contribution in [3.63, 3.8) is 0 Å². The quantitative estimate of drug-likeness (QED) is 0.772. The average Bonchev–Trinajstić information content (AvgIpc) is 2.44. The lowest BCUT2D eigenvalue weighted by Gasteiger charge is -2.21. The van der Waals surface area contributed by atoms with Crippen LogP contribution in [0.25, 0.3) is 0 Å². The Morgan fingerprint density at radius 1 is 1.62 bits per heavy atom. The number of thiocarbonyl (C=S) groups is 1. The van der Waals surface area contributed by atoms with Gasteiger partial charge in [-0.15, -0.1) is 0 Å². The average molecular weight is 240 g/mol. The Kier molecular flexibility index (Phi) is 3.32. The van der Waals surface area contributed by atoms with Crippen LogP contribution in [0.1, 0.15) is 19.5 Å². The van der Waals surface area contributed by atoms with Crippen LogP contribution in [0.2, 0.25) is 0 Å². The van der Waals surface area contributed by atoms with E-state index in [1.807, 2.05) is 6.92 Å². The minimum Gasteiger partial charge on any atom is -0.392 e. The molecule has 0 aliphatic carbocycles. The van der Waals surface area contributed by atoms with E-state index in [2.05, 4.69) is 10.4 Å². The number of rotatable bonds is 3. The van der Waals surface area contributed by atoms with Gasteiger partial charge in [-0.05, 0) is 20.8 Å². The number of nitrogens with zero attached hydrogens (tertiary/aromatic N) is 2. The molecule has 5 nitrogen and oxygen atoms in total. The van der Waals surface area contributed by atoms with Crippen LogP contribution in [0.3, 0.4) is 0 Å². The van der Waals surface area contributed by atoms with Crippen molar-refractivity contribution in [2.75, 3.05) is 5.32 Å². The minimum absolute atomic E-state index is 0.173. The van der Waals surface area contributed by atoms with Crippen molar-refractivity contribution in [1.82, 2.24) is 9.78 Å². The molecule has 0 aliphatic heterocycles. The number of anilines is 1. The Morgan fingerprint density at radius 2 is 2.19 bits per heavy atom. The summed E-state index contributed by atoms with van der Waals surface area (Å²) in [7, 11) is 1.79. The number of aromatic nitrogens is 2. The fraction of sp³-hybridized carbons (Fsp3) is 0.500. The van der Waals surface area contributed by atoms with Crippen LogP contribution in [0.15, 0.2) is 6.20 Å². The number of hydrogen-bond acceptors (Lipinski definition) is 3. The van der Waals surface area contributed by atoms with Crippen molar-refractivity contribution in [1.29, 1.82) is 0 Å². The largest absolute Gasteiger partial charge is 0.392 e. The Labute approximate surface area is 100 Å². The van der Waals surface area contributed by atoms with Gasteiger partial charge in [0.1, 0.15) is 0 Å². The Balaban J connectivity index is 2.87. The molecule has 0 bridgehead atoms. The van der Waals surface area contributed by atoms with Gasteiger partial charge in [-0.25, -0.2) is 0 Å². The summed E-state index contributed by atoms with van der Waals surface area (Å²) in [5.41, 5.74) is 6.09. The smallest absolute Gasteiger partial charge is 0.236 e. The van der Waals surface area contributed by atoms with Crippen LogP contribution < -0.4 is 11.1 Å². The van der Waals surface area contributed by atoms with Crippen LogP contribution in [-0.2, 0) is 11.8 Å². The van der Waals surface area contributed by atoms with Crippen LogP contribution in [0, 0.1) is 12.3 Å². The molecule has 1 heterocycles. The molecule has 0 aliphatic rings. The van der Waals surface area contributed by atoms with Gasteiger partial charge in [0.05, 0.1) is 21.8 Å². The zero-order valence-corrected chi connectivity index (χ0v) is 10.7. The summed E-state index contributed by atoms with van der Waals surface area (Å²) < 4.78 is 1.64. The molecule has 0 aromatic carbocycles. The summed E-state index contributed by atoms with van der Waals surface area (Å²) in [6, 6.07) is 0. The zero-order valence-electron chi connectivity index (χ0n) is 9.87. The number of carbonyl (C=O) groups excluding carboxylic acids is 1. The minimum atomic E-state index is -0.863. The van der Waals surface area contributed by atoms with Gasteiger partial charge < -0.3 is 11.1 Å². The van der Waals surface area contributed by atoms with Crippen molar-refractivity contribution in [2.45, 2.75) is 20.8 Å². The van der Waals surface area contributed by atoms with E-state index in [4.69, 9.17) is 18.0 Å². The number of hydrogen-bond donors (Lipinski definition) is 2. The highest BCUT2D eigenvalue weighted by Gasteiger charge is 2.31. The molecule has 6 heteroatoms. The highest BCUT2D eigenvalue weighted by molar-refractivity contribution is 7.80. The highest BCUT2D eigenvalue weighted by Crippen LogP contribution is 2.20. The molecule has 3 N–H and O–H groups in total. The number of amides is 1. The van der Waals surface area contributed by atoms with Crippen LogP contribution >= 0.6 is 12.2 Å². The monoisotopic (exact) mass is 240 g/mol. The molecule has 0 unspecified atom stereocenters. The van der Waals surface area contributed by atoms with E-state index in [0.29, 0.717) is 5.69 Å². The van der Waals surface area contributed by atoms with Gasteiger partial charge in [0.2, 0.25) is 5.91 Å². The standard InChI is InChI=1S/C10H16N4OS/c1-6-7(5-14(4)13-6)12-9(15)10(2,3)8(11)16/h5H,1-4H3,(H2,11,16)(H,12,15). The van der Waals surface area contributed by atoms with Gasteiger partial charge in [-0.3, -0.25) is 9.48 Å². The summed E-state index contributed by atoms with van der Waals surface area (Å²) in [5.74, 6) is -0.226. The molecule has 0 atom stereocenters. The van der Waals surface area contributed by atoms with E-state index in [0.717, 1.165) is 5.69 Å². The summed E-state index contributed by atoms with van der Waals surface area (Å²) in [6.07, 6.45) is 1.74. The molecule has 1 rings (SSSR count). The molecule has 88 valence electrons. The first-order valence-electron chi connectivity index (χ1n) is 4.86. The summed E-state index contributed by atoms with van der Waals surface area (Å²) in [4.78, 5) is 12.1. The van der Waals surface area contributed by atoms with Crippen LogP contribution in [-0.4, -0.2) is 20.7 Å². The second-order valence-corrected chi connectivity index (χ2v) is 4.69. The van der Waals surface area contributed by atoms with E-state index >= 15 is 0 Å². The third kappa shape index (κ3) is 2.38. The molecule has 1 amide bonds. The molecule has 16 heavy (non-hydrogen) atoms. The molecule has 1 aromatic heterocycles. The number of aryl methyl sites for hydroxylation is 2. The fourth-order valence-electron chi connectivity index (χ4n) is 1.11. The third-order valence-corrected chi connectivity index (χ3v) is 2.96. The van der Waals surface area contributed by atoms with Gasteiger partial charge in [0.25, 0.3) is 0 Å². The Morgan fingerprint density at radius 3 is 2.56 bits per heavy atom.